The molecule has 10 heteroatoms. The zero-order chi connectivity index (χ0) is 30.1. The number of nitrogens with one attached hydrogen (secondary N) is 3. The SMILES string of the molecule is CC(C)C[C@H]1COc2ccccc2C(=O)N[C@H](C(=O)NCC2CCN(C)CC2)CC(=O)N[C@H](CC(C)C)C(=O)N1C. The number of rotatable bonds is 7. The Hall–Kier alpha value is -3.14. The van der Waals surface area contributed by atoms with Gasteiger partial charge in [-0.2, -0.15) is 0 Å². The van der Waals surface area contributed by atoms with E-state index in [2.05, 4.69) is 41.7 Å². The van der Waals surface area contributed by atoms with Crippen LogP contribution >= 0.6 is 0 Å². The van der Waals surface area contributed by atoms with Crippen molar-refractivity contribution in [1.82, 2.24) is 25.8 Å². The molecule has 228 valence electrons. The van der Waals surface area contributed by atoms with Gasteiger partial charge in [0.25, 0.3) is 5.91 Å². The molecule has 1 aromatic carbocycles. The van der Waals surface area contributed by atoms with Crippen molar-refractivity contribution >= 4 is 23.6 Å². The fourth-order valence-corrected chi connectivity index (χ4v) is 5.49. The fourth-order valence-electron chi connectivity index (χ4n) is 5.49. The van der Waals surface area contributed by atoms with Gasteiger partial charge < -0.3 is 30.5 Å². The Morgan fingerprint density at radius 3 is 2.32 bits per heavy atom. The summed E-state index contributed by atoms with van der Waals surface area (Å²) in [4.78, 5) is 57.7. The van der Waals surface area contributed by atoms with Crippen LogP contribution in [0.3, 0.4) is 0 Å². The van der Waals surface area contributed by atoms with Gasteiger partial charge >= 0.3 is 0 Å². The Bertz CT molecular complexity index is 1050. The predicted molar refractivity (Wildman–Crippen MR) is 158 cm³/mol. The molecule has 4 amide bonds. The monoisotopic (exact) mass is 571 g/mol. The first-order valence-corrected chi connectivity index (χ1v) is 15.0. The number of carbonyl (C=O) groups is 4. The fraction of sp³-hybridized carbons (Fsp3) is 0.677. The Morgan fingerprint density at radius 2 is 1.66 bits per heavy atom. The number of benzene rings is 1. The number of likely N-dealkylation sites (tertiary alicyclic amines) is 1. The average Bonchev–Trinajstić information content (AvgIpc) is 2.92. The van der Waals surface area contributed by atoms with Crippen molar-refractivity contribution < 1.29 is 23.9 Å². The highest BCUT2D eigenvalue weighted by Crippen LogP contribution is 2.22. The van der Waals surface area contributed by atoms with E-state index in [4.69, 9.17) is 4.74 Å². The molecule has 0 aliphatic carbocycles. The number of carbonyl (C=O) groups excluding carboxylic acids is 4. The van der Waals surface area contributed by atoms with Crippen LogP contribution in [-0.4, -0.2) is 91.9 Å². The predicted octanol–water partition coefficient (Wildman–Crippen LogP) is 2.43. The molecule has 0 saturated carbocycles. The third kappa shape index (κ3) is 9.73. The number of nitrogens with zero attached hydrogens (tertiary/aromatic N) is 2. The lowest BCUT2D eigenvalue weighted by molar-refractivity contribution is -0.138. The molecule has 2 aliphatic heterocycles. The minimum Gasteiger partial charge on any atom is -0.491 e. The van der Waals surface area contributed by atoms with E-state index in [0.29, 0.717) is 37.0 Å². The van der Waals surface area contributed by atoms with E-state index in [1.807, 2.05) is 13.8 Å². The number of para-hydroxylation sites is 1. The molecule has 0 unspecified atom stereocenters. The van der Waals surface area contributed by atoms with Crippen molar-refractivity contribution in [2.75, 3.05) is 40.3 Å². The van der Waals surface area contributed by atoms with Crippen molar-refractivity contribution in [3.8, 4) is 5.75 Å². The molecule has 10 nitrogen and oxygen atoms in total. The Labute approximate surface area is 244 Å². The summed E-state index contributed by atoms with van der Waals surface area (Å²) in [5.41, 5.74) is 0.271. The van der Waals surface area contributed by atoms with E-state index in [1.165, 1.54) is 0 Å². The van der Waals surface area contributed by atoms with Gasteiger partial charge in [0.2, 0.25) is 17.7 Å². The highest BCUT2D eigenvalue weighted by Gasteiger charge is 2.33. The lowest BCUT2D eigenvalue weighted by Crippen LogP contribution is -2.55. The summed E-state index contributed by atoms with van der Waals surface area (Å²) < 4.78 is 6.16. The molecule has 3 rings (SSSR count). The topological polar surface area (TPSA) is 120 Å². The number of fused-ring (bicyclic) bond motifs is 1. The molecular formula is C31H49N5O5. The van der Waals surface area contributed by atoms with Gasteiger partial charge in [-0.05, 0) is 75.7 Å². The molecule has 1 fully saturated rings. The third-order valence-corrected chi connectivity index (χ3v) is 7.96. The highest BCUT2D eigenvalue weighted by atomic mass is 16.5. The van der Waals surface area contributed by atoms with Gasteiger partial charge in [-0.3, -0.25) is 19.2 Å². The molecule has 2 heterocycles. The van der Waals surface area contributed by atoms with Crippen LogP contribution in [0, 0.1) is 17.8 Å². The molecule has 0 radical (unpaired) electrons. The Morgan fingerprint density at radius 1 is 1.00 bits per heavy atom. The summed E-state index contributed by atoms with van der Waals surface area (Å²) in [5, 5.41) is 8.61. The van der Waals surface area contributed by atoms with Gasteiger partial charge in [-0.25, -0.2) is 0 Å². The molecule has 0 spiro atoms. The first-order valence-electron chi connectivity index (χ1n) is 15.0. The summed E-state index contributed by atoms with van der Waals surface area (Å²) in [6.07, 6.45) is 2.81. The molecule has 0 bridgehead atoms. The van der Waals surface area contributed by atoms with E-state index >= 15 is 0 Å². The molecule has 41 heavy (non-hydrogen) atoms. The summed E-state index contributed by atoms with van der Waals surface area (Å²) >= 11 is 0. The van der Waals surface area contributed by atoms with Gasteiger partial charge in [-0.15, -0.1) is 0 Å². The van der Waals surface area contributed by atoms with E-state index in [9.17, 15) is 19.2 Å². The van der Waals surface area contributed by atoms with Crippen molar-refractivity contribution in [3.05, 3.63) is 29.8 Å². The Balaban J connectivity index is 1.89. The van der Waals surface area contributed by atoms with Crippen LogP contribution in [0.15, 0.2) is 24.3 Å². The van der Waals surface area contributed by atoms with Crippen molar-refractivity contribution in [3.63, 3.8) is 0 Å². The maximum atomic E-state index is 13.7. The zero-order valence-corrected chi connectivity index (χ0v) is 25.6. The van der Waals surface area contributed by atoms with Gasteiger partial charge in [0.05, 0.1) is 18.0 Å². The first-order chi connectivity index (χ1) is 19.4. The molecule has 1 saturated heterocycles. The third-order valence-electron chi connectivity index (χ3n) is 7.96. The molecular weight excluding hydrogens is 522 g/mol. The molecule has 3 atom stereocenters. The number of hydrogen-bond acceptors (Lipinski definition) is 6. The number of likely N-dealkylation sites (N-methyl/N-ethyl adjacent to an activating group) is 1. The van der Waals surface area contributed by atoms with E-state index in [1.54, 1.807) is 36.2 Å². The number of amides is 4. The van der Waals surface area contributed by atoms with Crippen LogP contribution in [0.25, 0.3) is 0 Å². The normalized spacial score (nSPS) is 23.9. The summed E-state index contributed by atoms with van der Waals surface area (Å²) in [6, 6.07) is 4.73. The standard InChI is InChI=1S/C31H49N5O5/c1-20(2)15-23-19-41-27-10-8-7-9-24(27)29(38)34-25(30(39)32-18-22-11-13-35(5)14-12-22)17-28(37)33-26(16-21(3)4)31(40)36(23)6/h7-10,20-23,25-26H,11-19H2,1-6H3,(H,32,39)(H,33,37)(H,34,38)/t23-,25-,26+/m0/s1. The van der Waals surface area contributed by atoms with E-state index < -0.39 is 29.8 Å². The molecule has 0 aromatic heterocycles. The van der Waals surface area contributed by atoms with Crippen LogP contribution < -0.4 is 20.7 Å². The molecule has 2 aliphatic rings. The minimum absolute atomic E-state index is 0.150. The van der Waals surface area contributed by atoms with Crippen LogP contribution in [-0.2, 0) is 14.4 Å². The van der Waals surface area contributed by atoms with Crippen LogP contribution in [0.5, 0.6) is 5.75 Å². The lowest BCUT2D eigenvalue weighted by Gasteiger charge is -2.34. The minimum atomic E-state index is -1.11. The highest BCUT2D eigenvalue weighted by molar-refractivity contribution is 6.01. The van der Waals surface area contributed by atoms with Crippen LogP contribution in [0.2, 0.25) is 0 Å². The van der Waals surface area contributed by atoms with Crippen LogP contribution in [0.4, 0.5) is 0 Å². The molecule has 3 N–H and O–H groups in total. The summed E-state index contributed by atoms with van der Waals surface area (Å²) in [7, 11) is 3.82. The largest absolute Gasteiger partial charge is 0.491 e. The van der Waals surface area contributed by atoms with Gasteiger partial charge in [0.15, 0.2) is 0 Å². The Kier molecular flexibility index (Phi) is 12.0. The van der Waals surface area contributed by atoms with Crippen molar-refractivity contribution in [1.29, 1.82) is 0 Å². The van der Waals surface area contributed by atoms with Gasteiger partial charge in [-0.1, -0.05) is 39.8 Å². The quantitative estimate of drug-likeness (QED) is 0.463. The average molecular weight is 572 g/mol. The smallest absolute Gasteiger partial charge is 0.255 e. The van der Waals surface area contributed by atoms with E-state index in [-0.39, 0.29) is 36.5 Å². The molecule has 1 aromatic rings. The number of piperidine rings is 1. The van der Waals surface area contributed by atoms with Crippen molar-refractivity contribution in [2.24, 2.45) is 17.8 Å². The zero-order valence-electron chi connectivity index (χ0n) is 25.6. The second-order valence-corrected chi connectivity index (χ2v) is 12.5. The maximum Gasteiger partial charge on any atom is 0.255 e. The number of hydrogen-bond donors (Lipinski definition) is 3. The summed E-state index contributed by atoms with van der Waals surface area (Å²) in [6.45, 7) is 10.8. The second kappa shape index (κ2) is 15.2. The van der Waals surface area contributed by atoms with E-state index in [0.717, 1.165) is 25.9 Å². The van der Waals surface area contributed by atoms with Gasteiger partial charge in [0, 0.05) is 13.6 Å². The second-order valence-electron chi connectivity index (χ2n) is 12.5. The lowest BCUT2D eigenvalue weighted by atomic mass is 9.97. The maximum absolute atomic E-state index is 13.7. The first kappa shape index (κ1) is 32.4. The van der Waals surface area contributed by atoms with Crippen LogP contribution in [0.1, 0.15) is 70.2 Å². The summed E-state index contributed by atoms with van der Waals surface area (Å²) in [5.74, 6) is -0.412. The number of ether oxygens (including phenoxy) is 1. The van der Waals surface area contributed by atoms with Crippen molar-refractivity contribution in [2.45, 2.75) is 77.9 Å². The van der Waals surface area contributed by atoms with Gasteiger partial charge in [0.1, 0.15) is 24.4 Å².